The van der Waals surface area contributed by atoms with Crippen molar-refractivity contribution in [2.45, 2.75) is 38.6 Å². The van der Waals surface area contributed by atoms with Crippen LogP contribution in [0.1, 0.15) is 37.8 Å². The third-order valence-corrected chi connectivity index (χ3v) is 5.74. The fourth-order valence-corrected chi connectivity index (χ4v) is 3.90. The van der Waals surface area contributed by atoms with Crippen molar-refractivity contribution in [1.29, 1.82) is 0 Å². The van der Waals surface area contributed by atoms with Gasteiger partial charge in [0.05, 0.1) is 20.3 Å². The standard InChI is InChI=1S/C25H35N3O3.HI/c1-4-26-24(27-18-20-6-10-22(29-3)11-7-20)28-19-25(14-16-30-17-15-25)21-8-12-23(13-9-21)31-5-2;/h6-13H,4-5,14-19H2,1-3H3,(H2,26,27,28);1H. The highest BCUT2D eigenvalue weighted by molar-refractivity contribution is 14.0. The van der Waals surface area contributed by atoms with Crippen molar-refractivity contribution in [1.82, 2.24) is 10.6 Å². The van der Waals surface area contributed by atoms with Crippen LogP contribution in [0.5, 0.6) is 11.5 Å². The van der Waals surface area contributed by atoms with Crippen molar-refractivity contribution in [3.05, 3.63) is 59.7 Å². The first-order chi connectivity index (χ1) is 15.2. The van der Waals surface area contributed by atoms with Crippen LogP contribution in [0.25, 0.3) is 0 Å². The molecule has 1 aliphatic rings. The van der Waals surface area contributed by atoms with Gasteiger partial charge in [-0.05, 0) is 62.1 Å². The molecule has 2 aromatic rings. The Balaban J connectivity index is 0.00000363. The van der Waals surface area contributed by atoms with E-state index in [0.717, 1.165) is 62.2 Å². The fourth-order valence-electron chi connectivity index (χ4n) is 3.90. The lowest BCUT2D eigenvalue weighted by Crippen LogP contribution is -2.48. The van der Waals surface area contributed by atoms with Gasteiger partial charge in [-0.2, -0.15) is 0 Å². The zero-order chi connectivity index (χ0) is 21.9. The van der Waals surface area contributed by atoms with Crippen LogP contribution in [0.3, 0.4) is 0 Å². The number of benzene rings is 2. The van der Waals surface area contributed by atoms with Gasteiger partial charge < -0.3 is 24.8 Å². The van der Waals surface area contributed by atoms with Crippen molar-refractivity contribution >= 4 is 29.9 Å². The van der Waals surface area contributed by atoms with E-state index in [-0.39, 0.29) is 29.4 Å². The van der Waals surface area contributed by atoms with Gasteiger partial charge in [-0.15, -0.1) is 24.0 Å². The van der Waals surface area contributed by atoms with E-state index in [9.17, 15) is 0 Å². The smallest absolute Gasteiger partial charge is 0.191 e. The SMILES string of the molecule is CCNC(=NCc1ccc(OC)cc1)NCC1(c2ccc(OCC)cc2)CCOCC1.I. The maximum atomic E-state index is 5.68. The van der Waals surface area contributed by atoms with Crippen LogP contribution < -0.4 is 20.1 Å². The molecule has 0 aliphatic carbocycles. The van der Waals surface area contributed by atoms with Gasteiger partial charge >= 0.3 is 0 Å². The average molecular weight is 553 g/mol. The van der Waals surface area contributed by atoms with E-state index in [2.05, 4.69) is 41.8 Å². The van der Waals surface area contributed by atoms with Crippen molar-refractivity contribution in [2.75, 3.05) is 40.0 Å². The monoisotopic (exact) mass is 553 g/mol. The van der Waals surface area contributed by atoms with E-state index in [1.54, 1.807) is 7.11 Å². The maximum absolute atomic E-state index is 5.68. The Morgan fingerprint density at radius 3 is 2.22 bits per heavy atom. The predicted octanol–water partition coefficient (Wildman–Crippen LogP) is 4.52. The number of nitrogens with one attached hydrogen (secondary N) is 2. The summed E-state index contributed by atoms with van der Waals surface area (Å²) in [5.41, 5.74) is 2.47. The highest BCUT2D eigenvalue weighted by Crippen LogP contribution is 2.35. The Kier molecular flexibility index (Phi) is 11.1. The summed E-state index contributed by atoms with van der Waals surface area (Å²) in [7, 11) is 1.68. The number of rotatable bonds is 9. The third kappa shape index (κ3) is 7.27. The van der Waals surface area contributed by atoms with Gasteiger partial charge in [0, 0.05) is 31.7 Å². The van der Waals surface area contributed by atoms with E-state index in [1.165, 1.54) is 5.56 Å². The molecule has 0 amide bonds. The van der Waals surface area contributed by atoms with Crippen molar-refractivity contribution in [2.24, 2.45) is 4.99 Å². The molecule has 2 aromatic carbocycles. The zero-order valence-corrected chi connectivity index (χ0v) is 21.7. The lowest BCUT2D eigenvalue weighted by molar-refractivity contribution is 0.0513. The molecule has 0 atom stereocenters. The van der Waals surface area contributed by atoms with Crippen LogP contribution in [0, 0.1) is 0 Å². The number of methoxy groups -OCH3 is 1. The highest BCUT2D eigenvalue weighted by Gasteiger charge is 2.34. The summed E-state index contributed by atoms with van der Waals surface area (Å²) in [4.78, 5) is 4.79. The molecule has 1 saturated heterocycles. The molecule has 176 valence electrons. The summed E-state index contributed by atoms with van der Waals surface area (Å²) < 4.78 is 16.5. The summed E-state index contributed by atoms with van der Waals surface area (Å²) in [5.74, 6) is 2.60. The molecule has 32 heavy (non-hydrogen) atoms. The first-order valence-electron chi connectivity index (χ1n) is 11.2. The predicted molar refractivity (Wildman–Crippen MR) is 141 cm³/mol. The van der Waals surface area contributed by atoms with Gasteiger partial charge in [0.15, 0.2) is 5.96 Å². The summed E-state index contributed by atoms with van der Waals surface area (Å²) in [5, 5.41) is 6.96. The minimum atomic E-state index is 0. The van der Waals surface area contributed by atoms with Crippen molar-refractivity contribution in [3.8, 4) is 11.5 Å². The molecule has 7 heteroatoms. The van der Waals surface area contributed by atoms with Crippen LogP contribution in [0.4, 0.5) is 0 Å². The fraction of sp³-hybridized carbons (Fsp3) is 0.480. The number of nitrogens with zero attached hydrogens (tertiary/aromatic N) is 1. The van der Waals surface area contributed by atoms with Crippen LogP contribution in [0.15, 0.2) is 53.5 Å². The average Bonchev–Trinajstić information content (AvgIpc) is 2.82. The molecular formula is C25H36IN3O3. The highest BCUT2D eigenvalue weighted by atomic mass is 127. The second-order valence-corrected chi connectivity index (χ2v) is 7.75. The molecule has 0 bridgehead atoms. The number of hydrogen-bond acceptors (Lipinski definition) is 4. The van der Waals surface area contributed by atoms with Gasteiger partial charge in [0.25, 0.3) is 0 Å². The normalized spacial score (nSPS) is 15.4. The minimum absolute atomic E-state index is 0. The van der Waals surface area contributed by atoms with Gasteiger partial charge in [0.1, 0.15) is 11.5 Å². The second-order valence-electron chi connectivity index (χ2n) is 7.75. The van der Waals surface area contributed by atoms with Crippen molar-refractivity contribution in [3.63, 3.8) is 0 Å². The van der Waals surface area contributed by atoms with Crippen LogP contribution in [0.2, 0.25) is 0 Å². The van der Waals surface area contributed by atoms with E-state index in [1.807, 2.05) is 31.2 Å². The van der Waals surface area contributed by atoms with E-state index >= 15 is 0 Å². The number of ether oxygens (including phenoxy) is 3. The molecule has 3 rings (SSSR count). The molecule has 6 nitrogen and oxygen atoms in total. The summed E-state index contributed by atoms with van der Waals surface area (Å²) >= 11 is 0. The zero-order valence-electron chi connectivity index (χ0n) is 19.4. The van der Waals surface area contributed by atoms with E-state index in [4.69, 9.17) is 19.2 Å². The van der Waals surface area contributed by atoms with Gasteiger partial charge in [-0.25, -0.2) is 4.99 Å². The molecular weight excluding hydrogens is 517 g/mol. The summed E-state index contributed by atoms with van der Waals surface area (Å²) in [6.07, 6.45) is 1.96. The Hall–Kier alpha value is -2.00. The first-order valence-corrected chi connectivity index (χ1v) is 11.2. The first kappa shape index (κ1) is 26.3. The van der Waals surface area contributed by atoms with Gasteiger partial charge in [-0.1, -0.05) is 24.3 Å². The minimum Gasteiger partial charge on any atom is -0.497 e. The molecule has 1 aliphatic heterocycles. The molecule has 2 N–H and O–H groups in total. The Bertz CT molecular complexity index is 819. The Morgan fingerprint density at radius 2 is 1.62 bits per heavy atom. The number of aliphatic imine (C=N–C) groups is 1. The van der Waals surface area contributed by atoms with E-state index in [0.29, 0.717) is 13.2 Å². The quantitative estimate of drug-likeness (QED) is 0.272. The molecule has 1 heterocycles. The number of guanidine groups is 1. The largest absolute Gasteiger partial charge is 0.497 e. The molecule has 0 aromatic heterocycles. The van der Waals surface area contributed by atoms with Gasteiger partial charge in [0.2, 0.25) is 0 Å². The third-order valence-electron chi connectivity index (χ3n) is 5.74. The van der Waals surface area contributed by atoms with Gasteiger partial charge in [-0.3, -0.25) is 0 Å². The van der Waals surface area contributed by atoms with Crippen LogP contribution >= 0.6 is 24.0 Å². The molecule has 0 saturated carbocycles. The van der Waals surface area contributed by atoms with Crippen LogP contribution in [-0.4, -0.2) is 46.0 Å². The molecule has 1 fully saturated rings. The van der Waals surface area contributed by atoms with E-state index < -0.39 is 0 Å². The Labute approximate surface area is 209 Å². The van der Waals surface area contributed by atoms with Crippen LogP contribution in [-0.2, 0) is 16.7 Å². The molecule has 0 unspecified atom stereocenters. The molecule has 0 spiro atoms. The molecule has 0 radical (unpaired) electrons. The number of halogens is 1. The second kappa shape index (κ2) is 13.5. The lowest BCUT2D eigenvalue weighted by Gasteiger charge is -2.38. The Morgan fingerprint density at radius 1 is 0.969 bits per heavy atom. The van der Waals surface area contributed by atoms with Crippen molar-refractivity contribution < 1.29 is 14.2 Å². The summed E-state index contributed by atoms with van der Waals surface area (Å²) in [6.45, 7) is 8.54. The summed E-state index contributed by atoms with van der Waals surface area (Å²) in [6, 6.07) is 16.6. The maximum Gasteiger partial charge on any atom is 0.191 e. The topological polar surface area (TPSA) is 64.1 Å². The number of hydrogen-bond donors (Lipinski definition) is 2. The lowest BCUT2D eigenvalue weighted by atomic mass is 9.74.